The Morgan fingerprint density at radius 1 is 1.14 bits per heavy atom. The van der Waals surface area contributed by atoms with E-state index in [4.69, 9.17) is 5.14 Å². The lowest BCUT2D eigenvalue weighted by Gasteiger charge is -2.22. The summed E-state index contributed by atoms with van der Waals surface area (Å²) in [5.41, 5.74) is 0.0940. The smallest absolute Gasteiger partial charge is 0.293 e. The number of sulfonamides is 1. The van der Waals surface area contributed by atoms with Gasteiger partial charge in [-0.1, -0.05) is 32.1 Å². The van der Waals surface area contributed by atoms with Crippen LogP contribution in [0.3, 0.4) is 0 Å². The van der Waals surface area contributed by atoms with Gasteiger partial charge in [0, 0.05) is 12.1 Å². The van der Waals surface area contributed by atoms with Crippen molar-refractivity contribution in [3.63, 3.8) is 0 Å². The largest absolute Gasteiger partial charge is 0.377 e. The molecule has 2 rings (SSSR count). The standard InChI is InChI=1S/C14H21N3O4S/c15-22(20,21)12-8-9-13(14(10-12)17(18)19)16-11-6-4-2-1-3-5-7-11/h8-11,16H,1-7H2,(H2,15,20,21). The van der Waals surface area contributed by atoms with Crippen LogP contribution in [0.25, 0.3) is 0 Å². The lowest BCUT2D eigenvalue weighted by atomic mass is 9.96. The number of benzene rings is 1. The summed E-state index contributed by atoms with van der Waals surface area (Å²) in [6.07, 6.45) is 7.74. The van der Waals surface area contributed by atoms with Gasteiger partial charge in [-0.05, 0) is 25.0 Å². The zero-order valence-electron chi connectivity index (χ0n) is 12.3. The lowest BCUT2D eigenvalue weighted by molar-refractivity contribution is -0.384. The molecule has 1 aliphatic rings. The molecule has 0 atom stereocenters. The van der Waals surface area contributed by atoms with Gasteiger partial charge in [-0.2, -0.15) is 0 Å². The number of hydrogen-bond acceptors (Lipinski definition) is 5. The molecule has 1 aromatic rings. The van der Waals surface area contributed by atoms with E-state index in [-0.39, 0.29) is 16.6 Å². The number of nitro benzene ring substituents is 1. The van der Waals surface area contributed by atoms with Crippen molar-refractivity contribution in [1.29, 1.82) is 0 Å². The van der Waals surface area contributed by atoms with Gasteiger partial charge in [0.1, 0.15) is 5.69 Å². The minimum absolute atomic E-state index is 0.180. The van der Waals surface area contributed by atoms with Crippen LogP contribution in [0.2, 0.25) is 0 Å². The van der Waals surface area contributed by atoms with Crippen molar-refractivity contribution < 1.29 is 13.3 Å². The zero-order valence-corrected chi connectivity index (χ0v) is 13.1. The van der Waals surface area contributed by atoms with Gasteiger partial charge >= 0.3 is 0 Å². The number of primary sulfonamides is 1. The fourth-order valence-corrected chi connectivity index (χ4v) is 3.32. The molecule has 1 aliphatic carbocycles. The first kappa shape index (κ1) is 16.7. The molecule has 0 heterocycles. The molecular weight excluding hydrogens is 306 g/mol. The summed E-state index contributed by atoms with van der Waals surface area (Å²) in [5.74, 6) is 0. The average molecular weight is 327 g/mol. The number of rotatable bonds is 4. The Morgan fingerprint density at radius 3 is 2.27 bits per heavy atom. The number of anilines is 1. The Kier molecular flexibility index (Phi) is 5.36. The highest BCUT2D eigenvalue weighted by Crippen LogP contribution is 2.29. The van der Waals surface area contributed by atoms with Crippen LogP contribution in [0.15, 0.2) is 23.1 Å². The fourth-order valence-electron chi connectivity index (χ4n) is 2.78. The van der Waals surface area contributed by atoms with Crippen molar-refractivity contribution in [2.24, 2.45) is 5.14 Å². The molecule has 122 valence electrons. The second kappa shape index (κ2) is 7.06. The average Bonchev–Trinajstić information content (AvgIpc) is 2.40. The van der Waals surface area contributed by atoms with Crippen LogP contribution >= 0.6 is 0 Å². The highest BCUT2D eigenvalue weighted by molar-refractivity contribution is 7.89. The summed E-state index contributed by atoms with van der Waals surface area (Å²) in [6, 6.07) is 3.92. The molecule has 1 fully saturated rings. The summed E-state index contributed by atoms with van der Waals surface area (Å²) < 4.78 is 22.7. The third-order valence-electron chi connectivity index (χ3n) is 3.96. The Labute approximate surface area is 130 Å². The molecule has 7 nitrogen and oxygen atoms in total. The topological polar surface area (TPSA) is 115 Å². The predicted octanol–water partition coefficient (Wildman–Crippen LogP) is 2.77. The molecule has 1 saturated carbocycles. The highest BCUT2D eigenvalue weighted by Gasteiger charge is 2.21. The number of nitrogens with one attached hydrogen (secondary N) is 1. The van der Waals surface area contributed by atoms with Crippen molar-refractivity contribution in [1.82, 2.24) is 0 Å². The van der Waals surface area contributed by atoms with E-state index >= 15 is 0 Å². The van der Waals surface area contributed by atoms with Crippen molar-refractivity contribution in [2.45, 2.75) is 55.9 Å². The summed E-state index contributed by atoms with van der Waals surface area (Å²) in [5, 5.41) is 19.4. The summed E-state index contributed by atoms with van der Waals surface area (Å²) in [4.78, 5) is 10.4. The van der Waals surface area contributed by atoms with Crippen LogP contribution in [0, 0.1) is 10.1 Å². The van der Waals surface area contributed by atoms with Crippen LogP contribution in [-0.2, 0) is 10.0 Å². The van der Waals surface area contributed by atoms with Crippen LogP contribution in [0.4, 0.5) is 11.4 Å². The molecule has 0 bridgehead atoms. The van der Waals surface area contributed by atoms with E-state index in [1.54, 1.807) is 0 Å². The maximum Gasteiger partial charge on any atom is 0.293 e. The minimum Gasteiger partial charge on any atom is -0.377 e. The van der Waals surface area contributed by atoms with Gasteiger partial charge in [0.15, 0.2) is 0 Å². The van der Waals surface area contributed by atoms with Crippen molar-refractivity contribution in [3.05, 3.63) is 28.3 Å². The maximum atomic E-state index is 11.3. The molecule has 8 heteroatoms. The van der Waals surface area contributed by atoms with E-state index in [9.17, 15) is 18.5 Å². The quantitative estimate of drug-likeness (QED) is 0.651. The molecule has 22 heavy (non-hydrogen) atoms. The van der Waals surface area contributed by atoms with Crippen LogP contribution in [-0.4, -0.2) is 19.4 Å². The van der Waals surface area contributed by atoms with Gasteiger partial charge in [0.2, 0.25) is 10.0 Å². The highest BCUT2D eigenvalue weighted by atomic mass is 32.2. The van der Waals surface area contributed by atoms with Crippen LogP contribution < -0.4 is 10.5 Å². The van der Waals surface area contributed by atoms with E-state index in [1.165, 1.54) is 31.4 Å². The molecule has 0 aromatic heterocycles. The summed E-state index contributed by atoms with van der Waals surface area (Å²) >= 11 is 0. The normalized spacial score (nSPS) is 17.5. The Hall–Kier alpha value is -1.67. The summed E-state index contributed by atoms with van der Waals surface area (Å²) in [7, 11) is -3.95. The van der Waals surface area contributed by atoms with E-state index in [0.29, 0.717) is 5.69 Å². The third-order valence-corrected chi connectivity index (χ3v) is 4.87. The van der Waals surface area contributed by atoms with E-state index in [2.05, 4.69) is 5.32 Å². The molecule has 1 aromatic carbocycles. The fraction of sp³-hybridized carbons (Fsp3) is 0.571. The number of nitro groups is 1. The van der Waals surface area contributed by atoms with Gasteiger partial charge in [-0.15, -0.1) is 0 Å². The van der Waals surface area contributed by atoms with E-state index < -0.39 is 14.9 Å². The van der Waals surface area contributed by atoms with E-state index in [1.807, 2.05) is 0 Å². The summed E-state index contributed by atoms with van der Waals surface area (Å²) in [6.45, 7) is 0. The molecule has 0 aliphatic heterocycles. The van der Waals surface area contributed by atoms with Gasteiger partial charge in [0.25, 0.3) is 5.69 Å². The number of hydrogen-bond donors (Lipinski definition) is 2. The number of nitrogens with zero attached hydrogens (tertiary/aromatic N) is 1. The number of nitrogens with two attached hydrogens (primary N) is 1. The van der Waals surface area contributed by atoms with E-state index in [0.717, 1.165) is 31.7 Å². The maximum absolute atomic E-state index is 11.3. The van der Waals surface area contributed by atoms with Crippen LogP contribution in [0.5, 0.6) is 0 Å². The molecule has 0 spiro atoms. The predicted molar refractivity (Wildman–Crippen MR) is 84.2 cm³/mol. The lowest BCUT2D eigenvalue weighted by Crippen LogP contribution is -2.21. The first-order valence-corrected chi connectivity index (χ1v) is 9.00. The molecule has 0 unspecified atom stereocenters. The SMILES string of the molecule is NS(=O)(=O)c1ccc(NC2CCCCCCC2)c([N+](=O)[O-])c1. The van der Waals surface area contributed by atoms with Crippen LogP contribution in [0.1, 0.15) is 44.9 Å². The molecule has 0 radical (unpaired) electrons. The Balaban J connectivity index is 2.24. The van der Waals surface area contributed by atoms with Gasteiger partial charge in [-0.3, -0.25) is 10.1 Å². The van der Waals surface area contributed by atoms with Crippen molar-refractivity contribution in [3.8, 4) is 0 Å². The Morgan fingerprint density at radius 2 is 1.73 bits per heavy atom. The molecule has 3 N–H and O–H groups in total. The third kappa shape index (κ3) is 4.41. The molecular formula is C14H21N3O4S. The monoisotopic (exact) mass is 327 g/mol. The van der Waals surface area contributed by atoms with Gasteiger partial charge in [-0.25, -0.2) is 13.6 Å². The zero-order chi connectivity index (χ0) is 16.2. The van der Waals surface area contributed by atoms with Crippen molar-refractivity contribution in [2.75, 3.05) is 5.32 Å². The second-order valence-corrected chi connectivity index (χ2v) is 7.23. The minimum atomic E-state index is -3.95. The Bertz CT molecular complexity index is 637. The second-order valence-electron chi connectivity index (χ2n) is 5.67. The van der Waals surface area contributed by atoms with Gasteiger partial charge < -0.3 is 5.32 Å². The van der Waals surface area contributed by atoms with Gasteiger partial charge in [0.05, 0.1) is 9.82 Å². The first-order chi connectivity index (χ1) is 10.4. The van der Waals surface area contributed by atoms with Crippen molar-refractivity contribution >= 4 is 21.4 Å². The first-order valence-electron chi connectivity index (χ1n) is 7.46. The molecule has 0 amide bonds. The molecule has 0 saturated heterocycles.